The number of guanidine groups is 1. The van der Waals surface area contributed by atoms with Gasteiger partial charge in [-0.3, -0.25) is 9.69 Å². The molecule has 1 aliphatic rings. The van der Waals surface area contributed by atoms with Crippen molar-refractivity contribution in [1.82, 2.24) is 20.0 Å². The van der Waals surface area contributed by atoms with Crippen molar-refractivity contribution in [2.24, 2.45) is 4.99 Å². The Bertz CT molecular complexity index is 816. The number of aliphatic imine (C=N–C) groups is 1. The Hall–Kier alpha value is -2.45. The van der Waals surface area contributed by atoms with Gasteiger partial charge in [-0.05, 0) is 29.1 Å². The van der Waals surface area contributed by atoms with Crippen LogP contribution in [0.3, 0.4) is 0 Å². The minimum atomic E-state index is -0.195. The summed E-state index contributed by atoms with van der Waals surface area (Å²) in [7, 11) is 3.48. The van der Waals surface area contributed by atoms with E-state index in [1.54, 1.807) is 42.5 Å². The van der Waals surface area contributed by atoms with Crippen molar-refractivity contribution in [2.45, 2.75) is 13.1 Å². The number of benzene rings is 1. The summed E-state index contributed by atoms with van der Waals surface area (Å²) in [5.74, 6) is 0.545. The van der Waals surface area contributed by atoms with Crippen LogP contribution < -0.4 is 5.32 Å². The van der Waals surface area contributed by atoms with Crippen molar-refractivity contribution in [3.05, 3.63) is 58.0 Å². The quantitative estimate of drug-likeness (QED) is 0.579. The van der Waals surface area contributed by atoms with Gasteiger partial charge >= 0.3 is 0 Å². The Labute approximate surface area is 175 Å². The Morgan fingerprint density at radius 1 is 1.21 bits per heavy atom. The van der Waals surface area contributed by atoms with Gasteiger partial charge in [0.25, 0.3) is 0 Å². The molecule has 0 atom stereocenters. The molecule has 3 rings (SSSR count). The van der Waals surface area contributed by atoms with E-state index >= 15 is 0 Å². The molecule has 1 fully saturated rings. The largest absolute Gasteiger partial charge is 0.351 e. The van der Waals surface area contributed by atoms with E-state index in [1.165, 1.54) is 10.9 Å². The zero-order valence-electron chi connectivity index (χ0n) is 17.0. The number of rotatable bonds is 6. The van der Waals surface area contributed by atoms with Crippen molar-refractivity contribution < 1.29 is 9.18 Å². The van der Waals surface area contributed by atoms with Crippen LogP contribution >= 0.6 is 11.3 Å². The second kappa shape index (κ2) is 10.4. The molecule has 0 radical (unpaired) electrons. The maximum Gasteiger partial charge on any atom is 0.243 e. The lowest BCUT2D eigenvalue weighted by molar-refractivity contribution is -0.127. The lowest BCUT2D eigenvalue weighted by atomic mass is 10.2. The number of carbonyl (C=O) groups is 1. The van der Waals surface area contributed by atoms with E-state index in [9.17, 15) is 9.18 Å². The fourth-order valence-electron chi connectivity index (χ4n) is 3.14. The summed E-state index contributed by atoms with van der Waals surface area (Å²) in [5, 5.41) is 5.46. The maximum absolute atomic E-state index is 13.4. The maximum atomic E-state index is 13.4. The standard InChI is InChI=1S/C21H28FN5OS/c1-25(2)20(28)15-24-21(23-14-19-7-4-12-29-19)27-10-8-26(9-11-27)16-17-5-3-6-18(22)13-17/h3-7,12-13H,8-11,14-16H2,1-2H3,(H,23,24). The van der Waals surface area contributed by atoms with Crippen molar-refractivity contribution in [2.75, 3.05) is 46.8 Å². The summed E-state index contributed by atoms with van der Waals surface area (Å²) in [5.41, 5.74) is 0.986. The van der Waals surface area contributed by atoms with E-state index < -0.39 is 0 Å². The highest BCUT2D eigenvalue weighted by Crippen LogP contribution is 2.11. The Morgan fingerprint density at radius 3 is 2.66 bits per heavy atom. The van der Waals surface area contributed by atoms with Crippen LogP contribution in [0.2, 0.25) is 0 Å². The molecule has 0 unspecified atom stereocenters. The predicted molar refractivity (Wildman–Crippen MR) is 115 cm³/mol. The van der Waals surface area contributed by atoms with Gasteiger partial charge in [-0.15, -0.1) is 11.3 Å². The Kier molecular flexibility index (Phi) is 7.60. The number of piperazine rings is 1. The van der Waals surface area contributed by atoms with Gasteiger partial charge in [0.1, 0.15) is 12.4 Å². The first-order valence-corrected chi connectivity index (χ1v) is 10.6. The summed E-state index contributed by atoms with van der Waals surface area (Å²) in [4.78, 5) is 23.8. The fourth-order valence-corrected chi connectivity index (χ4v) is 3.79. The van der Waals surface area contributed by atoms with E-state index in [2.05, 4.69) is 31.6 Å². The monoisotopic (exact) mass is 417 g/mol. The van der Waals surface area contributed by atoms with Crippen LogP contribution in [0.25, 0.3) is 0 Å². The SMILES string of the molecule is CN(C)C(=O)CN=C(NCc1cccs1)N1CCN(Cc2cccc(F)c2)CC1. The number of likely N-dealkylation sites (N-methyl/N-ethyl adjacent to an activating group) is 1. The third-order valence-electron chi connectivity index (χ3n) is 4.83. The first-order valence-electron chi connectivity index (χ1n) is 9.74. The molecular formula is C21H28FN5OS. The van der Waals surface area contributed by atoms with Crippen molar-refractivity contribution in [3.63, 3.8) is 0 Å². The second-order valence-corrected chi connectivity index (χ2v) is 8.29. The lowest BCUT2D eigenvalue weighted by Gasteiger charge is -2.36. The van der Waals surface area contributed by atoms with Gasteiger partial charge in [0.15, 0.2) is 5.96 Å². The first kappa shape index (κ1) is 21.3. The van der Waals surface area contributed by atoms with Gasteiger partial charge in [0, 0.05) is 51.7 Å². The topological polar surface area (TPSA) is 51.2 Å². The van der Waals surface area contributed by atoms with Gasteiger partial charge in [-0.25, -0.2) is 9.38 Å². The van der Waals surface area contributed by atoms with Crippen LogP contribution in [0.4, 0.5) is 4.39 Å². The third kappa shape index (κ3) is 6.54. The first-order chi connectivity index (χ1) is 14.0. The second-order valence-electron chi connectivity index (χ2n) is 7.25. The van der Waals surface area contributed by atoms with Gasteiger partial charge in [-0.2, -0.15) is 0 Å². The van der Waals surface area contributed by atoms with E-state index in [4.69, 9.17) is 0 Å². The van der Waals surface area contributed by atoms with Crippen molar-refractivity contribution in [1.29, 1.82) is 0 Å². The number of thiophene rings is 1. The summed E-state index contributed by atoms with van der Waals surface area (Å²) < 4.78 is 13.4. The molecule has 2 heterocycles. The van der Waals surface area contributed by atoms with E-state index in [-0.39, 0.29) is 18.3 Å². The van der Waals surface area contributed by atoms with Crippen molar-refractivity contribution in [3.8, 4) is 0 Å². The van der Waals surface area contributed by atoms with Gasteiger partial charge < -0.3 is 15.1 Å². The van der Waals surface area contributed by atoms with Crippen LogP contribution in [0.1, 0.15) is 10.4 Å². The Balaban J connectivity index is 1.58. The molecule has 6 nitrogen and oxygen atoms in total. The van der Waals surface area contributed by atoms with Crippen LogP contribution in [0.15, 0.2) is 46.8 Å². The number of nitrogens with one attached hydrogen (secondary N) is 1. The van der Waals surface area contributed by atoms with Crippen LogP contribution in [0.5, 0.6) is 0 Å². The molecule has 29 heavy (non-hydrogen) atoms. The van der Waals surface area contributed by atoms with Gasteiger partial charge in [0.05, 0.1) is 6.54 Å². The highest BCUT2D eigenvalue weighted by atomic mass is 32.1. The van der Waals surface area contributed by atoms with Gasteiger partial charge in [0.2, 0.25) is 5.91 Å². The number of hydrogen-bond acceptors (Lipinski definition) is 4. The van der Waals surface area contributed by atoms with E-state index in [0.29, 0.717) is 6.54 Å². The van der Waals surface area contributed by atoms with Crippen LogP contribution in [-0.2, 0) is 17.9 Å². The summed E-state index contributed by atoms with van der Waals surface area (Å²) in [6, 6.07) is 10.9. The van der Waals surface area contributed by atoms with E-state index in [0.717, 1.165) is 44.2 Å². The minimum absolute atomic E-state index is 0.0230. The third-order valence-corrected chi connectivity index (χ3v) is 5.71. The molecule has 1 aliphatic heterocycles. The molecule has 0 saturated carbocycles. The highest BCUT2D eigenvalue weighted by molar-refractivity contribution is 7.09. The molecule has 1 aromatic carbocycles. The zero-order chi connectivity index (χ0) is 20.6. The summed E-state index contributed by atoms with van der Waals surface area (Å²) in [6.07, 6.45) is 0. The molecule has 1 amide bonds. The number of nitrogens with zero attached hydrogens (tertiary/aromatic N) is 4. The summed E-state index contributed by atoms with van der Waals surface area (Å²) >= 11 is 1.69. The molecular weight excluding hydrogens is 389 g/mol. The molecule has 0 aliphatic carbocycles. The molecule has 8 heteroatoms. The van der Waals surface area contributed by atoms with Crippen LogP contribution in [0, 0.1) is 5.82 Å². The molecule has 0 spiro atoms. The molecule has 1 aromatic heterocycles. The summed E-state index contributed by atoms with van der Waals surface area (Å²) in [6.45, 7) is 4.89. The average Bonchev–Trinajstić information content (AvgIpc) is 3.22. The fraction of sp³-hybridized carbons (Fsp3) is 0.429. The smallest absolute Gasteiger partial charge is 0.243 e. The normalized spacial score (nSPS) is 15.4. The number of halogens is 1. The number of amides is 1. The van der Waals surface area contributed by atoms with Gasteiger partial charge in [-0.1, -0.05) is 18.2 Å². The number of hydrogen-bond donors (Lipinski definition) is 1. The highest BCUT2D eigenvalue weighted by Gasteiger charge is 2.20. The molecule has 156 valence electrons. The zero-order valence-corrected chi connectivity index (χ0v) is 17.8. The Morgan fingerprint density at radius 2 is 2.00 bits per heavy atom. The molecule has 0 bridgehead atoms. The molecule has 1 N–H and O–H groups in total. The van der Waals surface area contributed by atoms with Crippen molar-refractivity contribution >= 4 is 23.2 Å². The molecule has 1 saturated heterocycles. The predicted octanol–water partition coefficient (Wildman–Crippen LogP) is 2.24. The molecule has 2 aromatic rings. The van der Waals surface area contributed by atoms with Crippen LogP contribution in [-0.4, -0.2) is 73.4 Å². The lowest BCUT2D eigenvalue weighted by Crippen LogP contribution is -2.52. The van der Waals surface area contributed by atoms with E-state index in [1.807, 2.05) is 12.1 Å². The average molecular weight is 418 g/mol. The number of carbonyl (C=O) groups excluding carboxylic acids is 1. The minimum Gasteiger partial charge on any atom is -0.351 e.